The molecule has 2 aromatic rings. The van der Waals surface area contributed by atoms with Crippen LogP contribution in [0, 0.1) is 6.92 Å². The summed E-state index contributed by atoms with van der Waals surface area (Å²) in [6, 6.07) is 4.15. The summed E-state index contributed by atoms with van der Waals surface area (Å²) in [6.45, 7) is 3.33. The minimum atomic E-state index is 0.0594. The van der Waals surface area contributed by atoms with E-state index in [9.17, 15) is 4.79 Å². The Labute approximate surface area is 147 Å². The zero-order valence-corrected chi connectivity index (χ0v) is 14.7. The van der Waals surface area contributed by atoms with Gasteiger partial charge < -0.3 is 19.4 Å². The highest BCUT2D eigenvalue weighted by Crippen LogP contribution is 2.34. The van der Waals surface area contributed by atoms with Crippen LogP contribution in [0.5, 0.6) is 11.5 Å². The number of carbonyl (C=O) groups excluding carboxylic acids is 1. The summed E-state index contributed by atoms with van der Waals surface area (Å²) in [4.78, 5) is 17.1. The minimum Gasteiger partial charge on any atom is -0.486 e. The number of ether oxygens (including phenoxy) is 2. The molecule has 2 heterocycles. The number of rotatable bonds is 3. The van der Waals surface area contributed by atoms with E-state index >= 15 is 0 Å². The van der Waals surface area contributed by atoms with Crippen LogP contribution in [0.4, 0.5) is 0 Å². The van der Waals surface area contributed by atoms with E-state index in [0.717, 1.165) is 41.2 Å². The van der Waals surface area contributed by atoms with Crippen LogP contribution in [0.1, 0.15) is 44.3 Å². The maximum Gasteiger partial charge on any atom is 0.240 e. The van der Waals surface area contributed by atoms with E-state index in [2.05, 4.69) is 10.3 Å². The van der Waals surface area contributed by atoms with Crippen LogP contribution in [-0.4, -0.2) is 34.7 Å². The third-order valence-corrected chi connectivity index (χ3v) is 5.13. The largest absolute Gasteiger partial charge is 0.486 e. The number of carbonyl (C=O) groups is 1. The quantitative estimate of drug-likeness (QED) is 0.870. The molecule has 134 valence electrons. The SMILES string of the molecule is Cc1nc2cc3c(cc2n1CC(=O)NC1CCCCCC1)OCCO3. The third kappa shape index (κ3) is 3.43. The van der Waals surface area contributed by atoms with Crippen molar-refractivity contribution in [3.63, 3.8) is 0 Å². The van der Waals surface area contributed by atoms with Gasteiger partial charge in [-0.1, -0.05) is 25.7 Å². The Hall–Kier alpha value is -2.24. The van der Waals surface area contributed by atoms with Crippen molar-refractivity contribution >= 4 is 16.9 Å². The van der Waals surface area contributed by atoms with E-state index in [-0.39, 0.29) is 5.91 Å². The lowest BCUT2D eigenvalue weighted by Gasteiger charge is -2.19. The summed E-state index contributed by atoms with van der Waals surface area (Å²) in [5.41, 5.74) is 1.75. The second kappa shape index (κ2) is 6.94. The summed E-state index contributed by atoms with van der Waals surface area (Å²) in [6.07, 6.45) is 7.17. The van der Waals surface area contributed by atoms with Gasteiger partial charge in [-0.05, 0) is 19.8 Å². The molecule has 0 radical (unpaired) electrons. The predicted molar refractivity (Wildman–Crippen MR) is 95.1 cm³/mol. The van der Waals surface area contributed by atoms with Gasteiger partial charge in [0.1, 0.15) is 25.6 Å². The van der Waals surface area contributed by atoms with Crippen molar-refractivity contribution in [1.82, 2.24) is 14.9 Å². The van der Waals surface area contributed by atoms with Gasteiger partial charge in [-0.2, -0.15) is 0 Å². The highest BCUT2D eigenvalue weighted by molar-refractivity contribution is 5.83. The molecular weight excluding hydrogens is 318 g/mol. The number of hydrogen-bond donors (Lipinski definition) is 1. The molecule has 1 amide bonds. The first-order valence-corrected chi connectivity index (χ1v) is 9.26. The molecule has 6 heteroatoms. The molecule has 1 aromatic heterocycles. The third-order valence-electron chi connectivity index (χ3n) is 5.13. The van der Waals surface area contributed by atoms with E-state index in [0.29, 0.717) is 25.8 Å². The number of imidazole rings is 1. The summed E-state index contributed by atoms with van der Waals surface area (Å²) in [5, 5.41) is 3.21. The second-order valence-corrected chi connectivity index (χ2v) is 6.99. The maximum absolute atomic E-state index is 12.6. The first-order valence-electron chi connectivity index (χ1n) is 9.26. The van der Waals surface area contributed by atoms with Gasteiger partial charge >= 0.3 is 0 Å². The smallest absolute Gasteiger partial charge is 0.240 e. The van der Waals surface area contributed by atoms with Crippen LogP contribution in [0.2, 0.25) is 0 Å². The van der Waals surface area contributed by atoms with Gasteiger partial charge in [0.25, 0.3) is 0 Å². The van der Waals surface area contributed by atoms with E-state index < -0.39 is 0 Å². The maximum atomic E-state index is 12.6. The summed E-state index contributed by atoms with van der Waals surface area (Å²) >= 11 is 0. The monoisotopic (exact) mass is 343 g/mol. The zero-order valence-electron chi connectivity index (χ0n) is 14.7. The van der Waals surface area contributed by atoms with E-state index in [1.165, 1.54) is 25.7 Å². The first kappa shape index (κ1) is 16.2. The Balaban J connectivity index is 1.54. The van der Waals surface area contributed by atoms with Crippen molar-refractivity contribution in [3.8, 4) is 11.5 Å². The molecule has 25 heavy (non-hydrogen) atoms. The van der Waals surface area contributed by atoms with Crippen LogP contribution >= 0.6 is 0 Å². The van der Waals surface area contributed by atoms with Crippen LogP contribution < -0.4 is 14.8 Å². The molecular formula is C19H25N3O3. The van der Waals surface area contributed by atoms with Crippen molar-refractivity contribution in [2.75, 3.05) is 13.2 Å². The van der Waals surface area contributed by atoms with Gasteiger partial charge in [0.15, 0.2) is 11.5 Å². The molecule has 1 saturated carbocycles. The Morgan fingerprint density at radius 1 is 1.16 bits per heavy atom. The number of aromatic nitrogens is 2. The number of aryl methyl sites for hydroxylation is 1. The van der Waals surface area contributed by atoms with E-state index in [4.69, 9.17) is 9.47 Å². The molecule has 2 aliphatic rings. The lowest BCUT2D eigenvalue weighted by molar-refractivity contribution is -0.122. The number of nitrogens with one attached hydrogen (secondary N) is 1. The van der Waals surface area contributed by atoms with Gasteiger partial charge in [-0.15, -0.1) is 0 Å². The van der Waals surface area contributed by atoms with Gasteiger partial charge in [-0.3, -0.25) is 4.79 Å². The normalized spacial score (nSPS) is 18.1. The Morgan fingerprint density at radius 2 is 1.84 bits per heavy atom. The highest BCUT2D eigenvalue weighted by atomic mass is 16.6. The zero-order chi connectivity index (χ0) is 17.2. The predicted octanol–water partition coefficient (Wildman–Crippen LogP) is 2.95. The van der Waals surface area contributed by atoms with E-state index in [1.807, 2.05) is 23.6 Å². The average molecular weight is 343 g/mol. The molecule has 1 aromatic carbocycles. The van der Waals surface area contributed by atoms with Crippen molar-refractivity contribution < 1.29 is 14.3 Å². The van der Waals surface area contributed by atoms with Crippen LogP contribution in [0.3, 0.4) is 0 Å². The summed E-state index contributed by atoms with van der Waals surface area (Å²) in [7, 11) is 0. The van der Waals surface area contributed by atoms with Crippen LogP contribution in [0.25, 0.3) is 11.0 Å². The van der Waals surface area contributed by atoms with Crippen molar-refractivity contribution in [1.29, 1.82) is 0 Å². The lowest BCUT2D eigenvalue weighted by Crippen LogP contribution is -2.36. The second-order valence-electron chi connectivity index (χ2n) is 6.99. The van der Waals surface area contributed by atoms with Crippen LogP contribution in [-0.2, 0) is 11.3 Å². The number of amides is 1. The Bertz CT molecular complexity index is 776. The molecule has 0 unspecified atom stereocenters. The molecule has 1 fully saturated rings. The molecule has 0 atom stereocenters. The fourth-order valence-electron chi connectivity index (χ4n) is 3.82. The number of nitrogens with zero attached hydrogens (tertiary/aromatic N) is 2. The van der Waals surface area contributed by atoms with E-state index in [1.54, 1.807) is 0 Å². The van der Waals surface area contributed by atoms with Crippen LogP contribution in [0.15, 0.2) is 12.1 Å². The summed E-state index contributed by atoms with van der Waals surface area (Å²) in [5.74, 6) is 2.34. The average Bonchev–Trinajstić information content (AvgIpc) is 2.78. The summed E-state index contributed by atoms with van der Waals surface area (Å²) < 4.78 is 13.2. The number of benzene rings is 1. The first-order chi connectivity index (χ1) is 12.2. The standard InChI is InChI=1S/C19H25N3O3/c1-13-20-15-10-17-18(25-9-8-24-17)11-16(15)22(13)12-19(23)21-14-6-4-2-3-5-7-14/h10-11,14H,2-9,12H2,1H3,(H,21,23). The molecule has 0 bridgehead atoms. The molecule has 1 aliphatic carbocycles. The van der Waals surface area contributed by atoms with Gasteiger partial charge in [-0.25, -0.2) is 4.98 Å². The number of fused-ring (bicyclic) bond motifs is 2. The Kier molecular flexibility index (Phi) is 4.51. The molecule has 1 aliphatic heterocycles. The molecule has 0 spiro atoms. The fraction of sp³-hybridized carbons (Fsp3) is 0.579. The van der Waals surface area contributed by atoms with Crippen molar-refractivity contribution in [3.05, 3.63) is 18.0 Å². The number of hydrogen-bond acceptors (Lipinski definition) is 4. The lowest BCUT2D eigenvalue weighted by atomic mass is 10.1. The van der Waals surface area contributed by atoms with Crippen molar-refractivity contribution in [2.24, 2.45) is 0 Å². The Morgan fingerprint density at radius 3 is 2.56 bits per heavy atom. The minimum absolute atomic E-state index is 0.0594. The molecule has 0 saturated heterocycles. The topological polar surface area (TPSA) is 65.4 Å². The van der Waals surface area contributed by atoms with Gasteiger partial charge in [0.05, 0.1) is 11.0 Å². The molecule has 6 nitrogen and oxygen atoms in total. The molecule has 1 N–H and O–H groups in total. The molecule has 4 rings (SSSR count). The van der Waals surface area contributed by atoms with Gasteiger partial charge in [0, 0.05) is 18.2 Å². The highest BCUT2D eigenvalue weighted by Gasteiger charge is 2.19. The fourth-order valence-corrected chi connectivity index (χ4v) is 3.82. The van der Waals surface area contributed by atoms with Crippen molar-refractivity contribution in [2.45, 2.75) is 58.0 Å². The van der Waals surface area contributed by atoms with Gasteiger partial charge in [0.2, 0.25) is 5.91 Å².